The van der Waals surface area contributed by atoms with Crippen molar-refractivity contribution in [3.63, 3.8) is 0 Å². The first-order valence-electron chi connectivity index (χ1n) is 9.42. The molecule has 0 aliphatic heterocycles. The van der Waals surface area contributed by atoms with Gasteiger partial charge in [-0.1, -0.05) is 0 Å². The first-order chi connectivity index (χ1) is 16.6. The van der Waals surface area contributed by atoms with Gasteiger partial charge in [0.1, 0.15) is 24.3 Å². The molecule has 20 heteroatoms. The van der Waals surface area contributed by atoms with Gasteiger partial charge in [0.05, 0.1) is 9.85 Å². The number of nitrogens with zero attached hydrogens (tertiary/aromatic N) is 2. The average Bonchev–Trinajstić information content (AvgIpc) is 2.76. The number of benzene rings is 1. The Hall–Kier alpha value is -4.04. The molecule has 0 spiro atoms. The van der Waals surface area contributed by atoms with Crippen LogP contribution in [0.5, 0.6) is 0 Å². The van der Waals surface area contributed by atoms with Crippen molar-refractivity contribution in [3.8, 4) is 0 Å². The van der Waals surface area contributed by atoms with Gasteiger partial charge >= 0.3 is 33.4 Å². The second kappa shape index (κ2) is 12.6. The van der Waals surface area contributed by atoms with Crippen molar-refractivity contribution in [2.45, 2.75) is 29.8 Å². The number of carbonyl (C=O) groups is 4. The molecule has 1 rings (SSSR count). The highest BCUT2D eigenvalue weighted by atomic mass is 32.2. The molecule has 198 valence electrons. The molecular weight excluding hydrogens is 534 g/mol. The summed E-state index contributed by atoms with van der Waals surface area (Å²) in [6, 6.07) is -1.94. The SMILES string of the molecule is O=C(O)CNC(=O)[C@H](CS)NC(=O)CC[C@H](Nc1ccc(S(=O)(=O)O)c([N+](=O)[O-])c1[N+](=O)[O-])C(=O)O. The van der Waals surface area contributed by atoms with Crippen molar-refractivity contribution in [1.29, 1.82) is 0 Å². The Labute approximate surface area is 206 Å². The summed E-state index contributed by atoms with van der Waals surface area (Å²) >= 11 is 3.86. The monoisotopic (exact) mass is 553 g/mol. The van der Waals surface area contributed by atoms with E-state index in [1.807, 2.05) is 5.32 Å². The van der Waals surface area contributed by atoms with E-state index in [2.05, 4.69) is 23.3 Å². The molecule has 0 saturated heterocycles. The van der Waals surface area contributed by atoms with Crippen molar-refractivity contribution in [2.75, 3.05) is 17.6 Å². The number of rotatable bonds is 14. The van der Waals surface area contributed by atoms with Crippen LogP contribution in [0.2, 0.25) is 0 Å². The van der Waals surface area contributed by atoms with Crippen molar-refractivity contribution in [3.05, 3.63) is 32.4 Å². The van der Waals surface area contributed by atoms with E-state index < -0.39 is 97.1 Å². The van der Waals surface area contributed by atoms with E-state index in [1.54, 1.807) is 0 Å². The molecule has 0 fully saturated rings. The Balaban J connectivity index is 3.12. The van der Waals surface area contributed by atoms with Crippen LogP contribution in [0.1, 0.15) is 12.8 Å². The number of carboxylic acid groups (broad SMARTS) is 2. The molecule has 36 heavy (non-hydrogen) atoms. The van der Waals surface area contributed by atoms with Crippen molar-refractivity contribution in [2.24, 2.45) is 0 Å². The number of nitro groups is 2. The lowest BCUT2D eigenvalue weighted by Gasteiger charge is -2.18. The van der Waals surface area contributed by atoms with Crippen LogP contribution in [0.3, 0.4) is 0 Å². The Morgan fingerprint density at radius 1 is 1.03 bits per heavy atom. The van der Waals surface area contributed by atoms with Gasteiger partial charge in [0, 0.05) is 12.2 Å². The number of carboxylic acids is 2. The zero-order valence-electron chi connectivity index (χ0n) is 17.8. The third kappa shape index (κ3) is 8.32. The first kappa shape index (κ1) is 30.0. The third-order valence-corrected chi connectivity index (χ3v) is 5.54. The van der Waals surface area contributed by atoms with Crippen LogP contribution in [0.15, 0.2) is 17.0 Å². The maximum atomic E-state index is 12.2. The molecule has 0 aliphatic rings. The Morgan fingerprint density at radius 3 is 2.06 bits per heavy atom. The van der Waals surface area contributed by atoms with E-state index in [-0.39, 0.29) is 5.75 Å². The lowest BCUT2D eigenvalue weighted by molar-refractivity contribution is -0.423. The largest absolute Gasteiger partial charge is 0.480 e. The fourth-order valence-corrected chi connectivity index (χ4v) is 3.63. The van der Waals surface area contributed by atoms with E-state index >= 15 is 0 Å². The number of hydrogen-bond acceptors (Lipinski definition) is 12. The molecule has 6 N–H and O–H groups in total. The molecule has 1 aromatic carbocycles. The number of anilines is 1. The molecule has 1 aromatic rings. The molecule has 2 amide bonds. The molecule has 18 nitrogen and oxygen atoms in total. The summed E-state index contributed by atoms with van der Waals surface area (Å²) < 4.78 is 31.9. The van der Waals surface area contributed by atoms with Crippen molar-refractivity contribution in [1.82, 2.24) is 10.6 Å². The standard InChI is InChI=1S/C16H19N5O13S2/c22-11(19-9(6-35)15(25)17-5-12(23)24)4-2-8(16(26)27)18-7-1-3-10(36(32,33)34)14(21(30)31)13(7)20(28)29/h1,3,8-9,18,35H,2,4-6H2,(H,17,25)(H,19,22)(H,23,24)(H,26,27)(H,32,33,34)/t8-,9-/m0/s1. The fourth-order valence-electron chi connectivity index (χ4n) is 2.71. The molecule has 0 aliphatic carbocycles. The minimum atomic E-state index is -5.26. The van der Waals surface area contributed by atoms with E-state index in [9.17, 15) is 52.9 Å². The summed E-state index contributed by atoms with van der Waals surface area (Å²) in [7, 11) is -5.26. The first-order valence-corrected chi connectivity index (χ1v) is 11.5. The predicted molar refractivity (Wildman–Crippen MR) is 120 cm³/mol. The highest BCUT2D eigenvalue weighted by Crippen LogP contribution is 2.40. The van der Waals surface area contributed by atoms with Crippen molar-refractivity contribution >= 4 is 63.6 Å². The third-order valence-electron chi connectivity index (χ3n) is 4.29. The lowest BCUT2D eigenvalue weighted by Crippen LogP contribution is -2.49. The topological polar surface area (TPSA) is 285 Å². The van der Waals surface area contributed by atoms with E-state index in [0.717, 1.165) is 0 Å². The number of aliphatic carboxylic acids is 2. The molecule has 0 saturated carbocycles. The normalized spacial score (nSPS) is 12.6. The number of carbonyl (C=O) groups excluding carboxylic acids is 2. The summed E-state index contributed by atoms with van der Waals surface area (Å²) in [4.78, 5) is 64.7. The van der Waals surface area contributed by atoms with Crippen LogP contribution in [0.4, 0.5) is 17.1 Å². The molecule has 0 heterocycles. The number of thiol groups is 1. The highest BCUT2D eigenvalue weighted by Gasteiger charge is 2.38. The maximum absolute atomic E-state index is 12.2. The summed E-state index contributed by atoms with van der Waals surface area (Å²) in [5.74, 6) is -5.00. The Bertz CT molecular complexity index is 1190. The Kier molecular flexibility index (Phi) is 10.5. The van der Waals surface area contributed by atoms with Gasteiger partial charge in [0.2, 0.25) is 11.8 Å². The van der Waals surface area contributed by atoms with Gasteiger partial charge in [-0.25, -0.2) is 4.79 Å². The van der Waals surface area contributed by atoms with Gasteiger partial charge in [0.25, 0.3) is 0 Å². The highest BCUT2D eigenvalue weighted by molar-refractivity contribution is 7.86. The molecule has 0 unspecified atom stereocenters. The summed E-state index contributed by atoms with van der Waals surface area (Å²) in [6.45, 7) is -0.731. The average molecular weight is 553 g/mol. The van der Waals surface area contributed by atoms with Gasteiger partial charge in [0.15, 0.2) is 4.90 Å². The summed E-state index contributed by atoms with van der Waals surface area (Å²) in [5.41, 5.74) is -3.84. The second-order valence-corrected chi connectivity index (χ2v) is 8.54. The number of amides is 2. The van der Waals surface area contributed by atoms with Crippen LogP contribution in [-0.2, 0) is 29.3 Å². The van der Waals surface area contributed by atoms with E-state index in [1.165, 1.54) is 0 Å². The van der Waals surface area contributed by atoms with Gasteiger partial charge in [-0.3, -0.25) is 39.2 Å². The van der Waals surface area contributed by atoms with E-state index in [4.69, 9.17) is 9.66 Å². The van der Waals surface area contributed by atoms with Gasteiger partial charge in [-0.05, 0) is 18.6 Å². The van der Waals surface area contributed by atoms with Crippen LogP contribution < -0.4 is 16.0 Å². The number of nitrogens with one attached hydrogen (secondary N) is 3. The second-order valence-electron chi connectivity index (χ2n) is 6.79. The molecule has 2 atom stereocenters. The Morgan fingerprint density at radius 2 is 1.61 bits per heavy atom. The number of nitro benzene ring substituents is 2. The van der Waals surface area contributed by atoms with Gasteiger partial charge in [-0.2, -0.15) is 21.0 Å². The minimum Gasteiger partial charge on any atom is -0.480 e. The molecular formula is C16H19N5O13S2. The predicted octanol–water partition coefficient (Wildman–Crippen LogP) is -0.990. The molecule has 0 aromatic heterocycles. The zero-order valence-corrected chi connectivity index (χ0v) is 19.5. The lowest BCUT2D eigenvalue weighted by atomic mass is 10.1. The number of hydrogen-bond donors (Lipinski definition) is 7. The maximum Gasteiger partial charge on any atom is 0.370 e. The summed E-state index contributed by atoms with van der Waals surface area (Å²) in [6.07, 6.45) is -1.15. The van der Waals surface area contributed by atoms with Crippen LogP contribution in [0, 0.1) is 20.2 Å². The van der Waals surface area contributed by atoms with E-state index in [0.29, 0.717) is 12.1 Å². The van der Waals surface area contributed by atoms with Crippen molar-refractivity contribution < 1.29 is 52.2 Å². The smallest absolute Gasteiger partial charge is 0.370 e. The van der Waals surface area contributed by atoms with Gasteiger partial charge < -0.3 is 26.2 Å². The van der Waals surface area contributed by atoms with Crippen LogP contribution >= 0.6 is 12.6 Å². The van der Waals surface area contributed by atoms with Gasteiger partial charge in [-0.15, -0.1) is 0 Å². The van der Waals surface area contributed by atoms with Crippen LogP contribution in [-0.4, -0.2) is 81.2 Å². The van der Waals surface area contributed by atoms with Crippen LogP contribution in [0.25, 0.3) is 0 Å². The summed E-state index contributed by atoms with van der Waals surface area (Å²) in [5, 5.41) is 47.1. The molecule has 0 radical (unpaired) electrons. The minimum absolute atomic E-state index is 0.242. The fraction of sp³-hybridized carbons (Fsp3) is 0.375. The quantitative estimate of drug-likeness (QED) is 0.0630. The zero-order chi connectivity index (χ0) is 27.8. The molecule has 0 bridgehead atoms.